The highest BCUT2D eigenvalue weighted by Gasteiger charge is 2.23. The van der Waals surface area contributed by atoms with Crippen molar-refractivity contribution in [3.8, 4) is 11.6 Å². The van der Waals surface area contributed by atoms with Crippen LogP contribution in [0.15, 0.2) is 30.6 Å². The molecule has 0 spiro atoms. The number of nitrogens with zero attached hydrogens (tertiary/aromatic N) is 3. The Morgan fingerprint density at radius 1 is 1.19 bits per heavy atom. The number of nitrogens with two attached hydrogens (primary N) is 1. The summed E-state index contributed by atoms with van der Waals surface area (Å²) in [7, 11) is 0. The predicted molar refractivity (Wildman–Crippen MR) is 78.3 cm³/mol. The van der Waals surface area contributed by atoms with Gasteiger partial charge in [-0.1, -0.05) is 32.9 Å². The van der Waals surface area contributed by atoms with Crippen LogP contribution in [0.25, 0.3) is 0 Å². The van der Waals surface area contributed by atoms with E-state index in [1.165, 1.54) is 0 Å². The highest BCUT2D eigenvalue weighted by atomic mass is 16.6. The van der Waals surface area contributed by atoms with Crippen molar-refractivity contribution in [3.63, 3.8) is 0 Å². The van der Waals surface area contributed by atoms with E-state index in [9.17, 15) is 10.1 Å². The molecule has 0 unspecified atom stereocenters. The molecular weight excluding hydrogens is 272 g/mol. The Morgan fingerprint density at radius 3 is 2.33 bits per heavy atom. The standard InChI is InChI=1S/C14H16N4O3/c1-14(2,3)9-4-6-10(7-5-9)21-13-11(18(19)20)12(15)16-8-17-13/h4-8H,1-3H3,(H2,15,16,17). The van der Waals surface area contributed by atoms with Crippen LogP contribution in [-0.2, 0) is 5.41 Å². The lowest BCUT2D eigenvalue weighted by molar-refractivity contribution is -0.385. The summed E-state index contributed by atoms with van der Waals surface area (Å²) in [6, 6.07) is 7.29. The largest absolute Gasteiger partial charge is 0.434 e. The molecular formula is C14H16N4O3. The second kappa shape index (κ2) is 5.35. The van der Waals surface area contributed by atoms with Gasteiger partial charge in [-0.15, -0.1) is 0 Å². The van der Waals surface area contributed by atoms with Gasteiger partial charge in [0.1, 0.15) is 12.1 Å². The second-order valence-electron chi connectivity index (χ2n) is 5.55. The van der Waals surface area contributed by atoms with E-state index >= 15 is 0 Å². The molecule has 0 radical (unpaired) electrons. The van der Waals surface area contributed by atoms with Crippen molar-refractivity contribution >= 4 is 11.5 Å². The summed E-state index contributed by atoms with van der Waals surface area (Å²) in [4.78, 5) is 17.7. The van der Waals surface area contributed by atoms with Crippen LogP contribution in [0.4, 0.5) is 11.5 Å². The first-order valence-electron chi connectivity index (χ1n) is 6.32. The van der Waals surface area contributed by atoms with Gasteiger partial charge in [0, 0.05) is 0 Å². The smallest absolute Gasteiger partial charge is 0.372 e. The van der Waals surface area contributed by atoms with E-state index in [-0.39, 0.29) is 17.1 Å². The zero-order valence-corrected chi connectivity index (χ0v) is 12.0. The van der Waals surface area contributed by atoms with E-state index < -0.39 is 10.6 Å². The molecule has 1 heterocycles. The Labute approximate surface area is 121 Å². The molecule has 7 heteroatoms. The maximum absolute atomic E-state index is 11.0. The van der Waals surface area contributed by atoms with Gasteiger partial charge in [0.25, 0.3) is 0 Å². The molecule has 2 aromatic rings. The summed E-state index contributed by atoms with van der Waals surface area (Å²) < 4.78 is 5.45. The van der Waals surface area contributed by atoms with Gasteiger partial charge in [0.15, 0.2) is 0 Å². The molecule has 0 amide bonds. The van der Waals surface area contributed by atoms with Crippen molar-refractivity contribution in [2.24, 2.45) is 0 Å². The summed E-state index contributed by atoms with van der Waals surface area (Å²) >= 11 is 0. The van der Waals surface area contributed by atoms with Gasteiger partial charge >= 0.3 is 11.6 Å². The number of aromatic nitrogens is 2. The van der Waals surface area contributed by atoms with Crippen molar-refractivity contribution in [2.75, 3.05) is 5.73 Å². The van der Waals surface area contributed by atoms with Crippen LogP contribution in [0.1, 0.15) is 26.3 Å². The van der Waals surface area contributed by atoms with Crippen molar-refractivity contribution in [1.82, 2.24) is 9.97 Å². The molecule has 0 aliphatic carbocycles. The zero-order chi connectivity index (χ0) is 15.6. The molecule has 0 aliphatic rings. The molecule has 1 aromatic heterocycles. The molecule has 110 valence electrons. The van der Waals surface area contributed by atoms with Crippen LogP contribution in [0.3, 0.4) is 0 Å². The maximum Gasteiger partial charge on any atom is 0.372 e. The van der Waals surface area contributed by atoms with Crippen molar-refractivity contribution < 1.29 is 9.66 Å². The van der Waals surface area contributed by atoms with Crippen LogP contribution < -0.4 is 10.5 Å². The number of anilines is 1. The van der Waals surface area contributed by atoms with E-state index in [4.69, 9.17) is 10.5 Å². The van der Waals surface area contributed by atoms with Gasteiger partial charge in [-0.05, 0) is 23.1 Å². The molecule has 0 fully saturated rings. The molecule has 7 nitrogen and oxygen atoms in total. The number of nitro groups is 1. The lowest BCUT2D eigenvalue weighted by Gasteiger charge is -2.19. The van der Waals surface area contributed by atoms with Crippen molar-refractivity contribution in [2.45, 2.75) is 26.2 Å². The summed E-state index contributed by atoms with van der Waals surface area (Å²) in [6.07, 6.45) is 1.13. The van der Waals surface area contributed by atoms with Crippen molar-refractivity contribution in [1.29, 1.82) is 0 Å². The fourth-order valence-corrected chi connectivity index (χ4v) is 1.76. The fourth-order valence-electron chi connectivity index (χ4n) is 1.76. The van der Waals surface area contributed by atoms with E-state index in [0.717, 1.165) is 11.9 Å². The first kappa shape index (κ1) is 14.7. The first-order chi connectivity index (χ1) is 9.79. The third-order valence-electron chi connectivity index (χ3n) is 2.93. The summed E-state index contributed by atoms with van der Waals surface area (Å²) in [6.45, 7) is 6.29. The Balaban J connectivity index is 2.31. The lowest BCUT2D eigenvalue weighted by Crippen LogP contribution is -2.10. The Hall–Kier alpha value is -2.70. The number of hydrogen-bond donors (Lipinski definition) is 1. The van der Waals surface area contributed by atoms with Crippen LogP contribution in [-0.4, -0.2) is 14.9 Å². The number of rotatable bonds is 3. The van der Waals surface area contributed by atoms with Crippen LogP contribution in [0.5, 0.6) is 11.6 Å². The minimum Gasteiger partial charge on any atom is -0.434 e. The summed E-state index contributed by atoms with van der Waals surface area (Å²) in [5.41, 5.74) is 6.20. The van der Waals surface area contributed by atoms with Gasteiger partial charge in [0.2, 0.25) is 5.82 Å². The van der Waals surface area contributed by atoms with Gasteiger partial charge in [-0.3, -0.25) is 10.1 Å². The average molecular weight is 288 g/mol. The van der Waals surface area contributed by atoms with Crippen LogP contribution in [0, 0.1) is 10.1 Å². The van der Waals surface area contributed by atoms with E-state index in [2.05, 4.69) is 30.7 Å². The minimum atomic E-state index is -0.659. The summed E-state index contributed by atoms with van der Waals surface area (Å²) in [5, 5.41) is 11.0. The SMILES string of the molecule is CC(C)(C)c1ccc(Oc2ncnc(N)c2[N+](=O)[O-])cc1. The predicted octanol–water partition coefficient (Wildman–Crippen LogP) is 3.06. The average Bonchev–Trinajstić information content (AvgIpc) is 2.38. The molecule has 0 bridgehead atoms. The maximum atomic E-state index is 11.0. The first-order valence-corrected chi connectivity index (χ1v) is 6.32. The highest BCUT2D eigenvalue weighted by molar-refractivity contribution is 5.58. The zero-order valence-electron chi connectivity index (χ0n) is 12.0. The Bertz CT molecular complexity index is 663. The van der Waals surface area contributed by atoms with Gasteiger partial charge in [0.05, 0.1) is 4.92 Å². The number of nitrogen functional groups attached to an aromatic ring is 1. The molecule has 0 atom stereocenters. The molecule has 21 heavy (non-hydrogen) atoms. The van der Waals surface area contributed by atoms with Gasteiger partial charge < -0.3 is 10.5 Å². The van der Waals surface area contributed by atoms with Gasteiger partial charge in [-0.2, -0.15) is 4.98 Å². The molecule has 0 saturated heterocycles. The van der Waals surface area contributed by atoms with Gasteiger partial charge in [-0.25, -0.2) is 4.98 Å². The molecule has 2 rings (SSSR count). The monoisotopic (exact) mass is 288 g/mol. The third-order valence-corrected chi connectivity index (χ3v) is 2.93. The number of benzene rings is 1. The van der Waals surface area contributed by atoms with E-state index in [1.807, 2.05) is 12.1 Å². The molecule has 1 aromatic carbocycles. The van der Waals surface area contributed by atoms with Crippen LogP contribution >= 0.6 is 0 Å². The molecule has 0 saturated carbocycles. The number of ether oxygens (including phenoxy) is 1. The third kappa shape index (κ3) is 3.25. The summed E-state index contributed by atoms with van der Waals surface area (Å²) in [5.74, 6) is 0.0523. The van der Waals surface area contributed by atoms with E-state index in [0.29, 0.717) is 5.75 Å². The topological polar surface area (TPSA) is 104 Å². The lowest BCUT2D eigenvalue weighted by atomic mass is 9.87. The molecule has 2 N–H and O–H groups in total. The van der Waals surface area contributed by atoms with Crippen molar-refractivity contribution in [3.05, 3.63) is 46.3 Å². The normalized spacial score (nSPS) is 11.2. The fraction of sp³-hybridized carbons (Fsp3) is 0.286. The Kier molecular flexibility index (Phi) is 3.75. The minimum absolute atomic E-state index is 0.0177. The Morgan fingerprint density at radius 2 is 1.81 bits per heavy atom. The number of hydrogen-bond acceptors (Lipinski definition) is 6. The van der Waals surface area contributed by atoms with E-state index in [1.54, 1.807) is 12.1 Å². The second-order valence-corrected chi connectivity index (χ2v) is 5.55. The highest BCUT2D eigenvalue weighted by Crippen LogP contribution is 2.33. The molecule has 0 aliphatic heterocycles. The van der Waals surface area contributed by atoms with Crippen LogP contribution in [0.2, 0.25) is 0 Å². The quantitative estimate of drug-likeness (QED) is 0.687.